The third kappa shape index (κ3) is 4.27. The molecule has 0 saturated carbocycles. The van der Waals surface area contributed by atoms with Crippen molar-refractivity contribution in [1.82, 2.24) is 25.4 Å². The summed E-state index contributed by atoms with van der Waals surface area (Å²) < 4.78 is 10.6. The molecule has 2 rings (SSSR count). The molecule has 0 aliphatic rings. The molecule has 0 saturated heterocycles. The van der Waals surface area contributed by atoms with Gasteiger partial charge in [0.25, 0.3) is 0 Å². The van der Waals surface area contributed by atoms with Crippen molar-refractivity contribution in [3.63, 3.8) is 0 Å². The number of aryl methyl sites for hydroxylation is 1. The highest BCUT2D eigenvalue weighted by Crippen LogP contribution is 2.14. The number of carbonyl (C=O) groups excluding carboxylic acids is 2. The average Bonchev–Trinajstić information content (AvgIpc) is 3.05. The molecular weight excluding hydrogens is 300 g/mol. The first-order valence-electron chi connectivity index (χ1n) is 5.77. The van der Waals surface area contributed by atoms with Gasteiger partial charge in [0, 0.05) is 6.07 Å². The van der Waals surface area contributed by atoms with Crippen molar-refractivity contribution in [3.8, 4) is 0 Å². The fraction of sp³-hybridized carbons (Fsp3) is 0.400. The molecule has 2 aromatic heterocycles. The first kappa shape index (κ1) is 15.0. The minimum atomic E-state index is -0.480. The molecule has 0 atom stereocenters. The lowest BCUT2D eigenvalue weighted by Gasteiger charge is -2.03. The molecule has 0 aromatic carbocycles. The van der Waals surface area contributed by atoms with Gasteiger partial charge in [-0.3, -0.25) is 9.59 Å². The Hall–Kier alpha value is -2.43. The van der Waals surface area contributed by atoms with E-state index < -0.39 is 5.97 Å². The second-order valence-corrected chi connectivity index (χ2v) is 4.80. The van der Waals surface area contributed by atoms with E-state index in [1.165, 1.54) is 11.8 Å². The van der Waals surface area contributed by atoms with E-state index in [0.717, 1.165) is 11.8 Å². The van der Waals surface area contributed by atoms with E-state index in [-0.39, 0.29) is 18.2 Å². The molecule has 0 spiro atoms. The number of anilines is 1. The SMILES string of the molecule is COC(=O)Cn1nnnc1SCC(=O)Nc1cc(C)on1. The van der Waals surface area contributed by atoms with Crippen molar-refractivity contribution in [2.45, 2.75) is 18.6 Å². The van der Waals surface area contributed by atoms with Crippen LogP contribution in [0, 0.1) is 6.92 Å². The number of hydrogen-bond acceptors (Lipinski definition) is 9. The Bertz CT molecular complexity index is 639. The van der Waals surface area contributed by atoms with Crippen molar-refractivity contribution in [2.24, 2.45) is 0 Å². The lowest BCUT2D eigenvalue weighted by molar-refractivity contribution is -0.141. The van der Waals surface area contributed by atoms with Gasteiger partial charge in [0.1, 0.15) is 12.3 Å². The lowest BCUT2D eigenvalue weighted by Crippen LogP contribution is -2.16. The van der Waals surface area contributed by atoms with Gasteiger partial charge in [-0.2, -0.15) is 0 Å². The van der Waals surface area contributed by atoms with E-state index in [1.54, 1.807) is 13.0 Å². The Labute approximate surface area is 123 Å². The summed E-state index contributed by atoms with van der Waals surface area (Å²) in [5.41, 5.74) is 0. The predicted molar refractivity (Wildman–Crippen MR) is 70.4 cm³/mol. The van der Waals surface area contributed by atoms with Gasteiger partial charge in [-0.05, 0) is 17.4 Å². The van der Waals surface area contributed by atoms with E-state index >= 15 is 0 Å². The van der Waals surface area contributed by atoms with Crippen LogP contribution in [-0.2, 0) is 20.9 Å². The van der Waals surface area contributed by atoms with E-state index in [2.05, 4.69) is 30.7 Å². The van der Waals surface area contributed by atoms with Gasteiger partial charge in [0.2, 0.25) is 11.1 Å². The molecule has 0 radical (unpaired) electrons. The highest BCUT2D eigenvalue weighted by Gasteiger charge is 2.13. The van der Waals surface area contributed by atoms with E-state index in [4.69, 9.17) is 4.52 Å². The van der Waals surface area contributed by atoms with Crippen molar-refractivity contribution >= 4 is 29.5 Å². The molecule has 2 aromatic rings. The summed E-state index contributed by atoms with van der Waals surface area (Å²) in [6, 6.07) is 1.60. The van der Waals surface area contributed by atoms with Gasteiger partial charge in [-0.15, -0.1) is 5.10 Å². The van der Waals surface area contributed by atoms with Crippen molar-refractivity contribution in [1.29, 1.82) is 0 Å². The second kappa shape index (κ2) is 6.83. The number of ether oxygens (including phenoxy) is 1. The van der Waals surface area contributed by atoms with Crippen LogP contribution >= 0.6 is 11.8 Å². The monoisotopic (exact) mass is 312 g/mol. The normalized spacial score (nSPS) is 10.4. The number of thioether (sulfide) groups is 1. The fourth-order valence-electron chi connectivity index (χ4n) is 1.32. The summed E-state index contributed by atoms with van der Waals surface area (Å²) >= 11 is 1.09. The minimum absolute atomic E-state index is 0.0629. The molecular formula is C10H12N6O4S. The predicted octanol–water partition coefficient (Wildman–Crippen LogP) is -0.127. The zero-order valence-corrected chi connectivity index (χ0v) is 12.1. The third-order valence-electron chi connectivity index (χ3n) is 2.23. The molecule has 2 heterocycles. The summed E-state index contributed by atoms with van der Waals surface area (Å²) in [5, 5.41) is 17.4. The summed E-state index contributed by atoms with van der Waals surface area (Å²) in [5.74, 6) is 0.229. The number of nitrogens with one attached hydrogen (secondary N) is 1. The molecule has 0 aliphatic carbocycles. The van der Waals surface area contributed by atoms with Gasteiger partial charge in [-0.1, -0.05) is 16.9 Å². The fourth-order valence-corrected chi connectivity index (χ4v) is 2.00. The molecule has 0 aliphatic heterocycles. The maximum absolute atomic E-state index is 11.7. The smallest absolute Gasteiger partial charge is 0.327 e. The van der Waals surface area contributed by atoms with Crippen LogP contribution in [-0.4, -0.2) is 50.1 Å². The zero-order valence-electron chi connectivity index (χ0n) is 11.3. The molecule has 1 amide bonds. The van der Waals surface area contributed by atoms with Crippen molar-refractivity contribution in [2.75, 3.05) is 18.2 Å². The number of nitrogens with zero attached hydrogens (tertiary/aromatic N) is 5. The number of tetrazole rings is 1. The zero-order chi connectivity index (χ0) is 15.2. The molecule has 0 unspecified atom stereocenters. The lowest BCUT2D eigenvalue weighted by atomic mass is 10.5. The Kier molecular flexibility index (Phi) is 4.87. The van der Waals surface area contributed by atoms with Crippen LogP contribution in [0.3, 0.4) is 0 Å². The Morgan fingerprint density at radius 2 is 2.33 bits per heavy atom. The number of aromatic nitrogens is 5. The molecule has 11 heteroatoms. The van der Waals surface area contributed by atoms with E-state index in [0.29, 0.717) is 16.7 Å². The number of amides is 1. The van der Waals surface area contributed by atoms with Gasteiger partial charge in [0.05, 0.1) is 12.9 Å². The third-order valence-corrected chi connectivity index (χ3v) is 3.19. The van der Waals surface area contributed by atoms with Gasteiger partial charge in [0.15, 0.2) is 5.82 Å². The maximum Gasteiger partial charge on any atom is 0.327 e. The Morgan fingerprint density at radius 1 is 1.52 bits per heavy atom. The first-order chi connectivity index (χ1) is 10.1. The van der Waals surface area contributed by atoms with Crippen molar-refractivity contribution in [3.05, 3.63) is 11.8 Å². The number of methoxy groups -OCH3 is 1. The summed E-state index contributed by atoms with van der Waals surface area (Å²) in [6.07, 6.45) is 0. The quantitative estimate of drug-likeness (QED) is 0.573. The number of hydrogen-bond donors (Lipinski definition) is 1. The molecule has 0 bridgehead atoms. The van der Waals surface area contributed by atoms with Crippen LogP contribution in [0.1, 0.15) is 5.76 Å². The number of esters is 1. The number of rotatable bonds is 6. The van der Waals surface area contributed by atoms with Crippen LogP contribution in [0.2, 0.25) is 0 Å². The van der Waals surface area contributed by atoms with Gasteiger partial charge in [-0.25, -0.2) is 4.68 Å². The molecule has 112 valence electrons. The van der Waals surface area contributed by atoms with Crippen LogP contribution in [0.4, 0.5) is 5.82 Å². The van der Waals surface area contributed by atoms with Crippen LogP contribution in [0.25, 0.3) is 0 Å². The molecule has 1 N–H and O–H groups in total. The van der Waals surface area contributed by atoms with Gasteiger partial charge >= 0.3 is 5.97 Å². The van der Waals surface area contributed by atoms with Crippen LogP contribution in [0.5, 0.6) is 0 Å². The largest absolute Gasteiger partial charge is 0.468 e. The molecule has 0 fully saturated rings. The molecule has 10 nitrogen and oxygen atoms in total. The maximum atomic E-state index is 11.7. The highest BCUT2D eigenvalue weighted by molar-refractivity contribution is 7.99. The van der Waals surface area contributed by atoms with E-state index in [9.17, 15) is 9.59 Å². The molecule has 21 heavy (non-hydrogen) atoms. The minimum Gasteiger partial charge on any atom is -0.468 e. The summed E-state index contributed by atoms with van der Waals surface area (Å²) in [4.78, 5) is 22.9. The Balaban J connectivity index is 1.86. The standard InChI is InChI=1S/C10H12N6O4S/c1-6-3-7(13-20-6)11-8(17)5-21-10-12-14-15-16(10)4-9(18)19-2/h3H,4-5H2,1-2H3,(H,11,13,17). The average molecular weight is 312 g/mol. The van der Waals surface area contributed by atoms with E-state index in [1.807, 2.05) is 0 Å². The number of carbonyl (C=O) groups is 2. The van der Waals surface area contributed by atoms with Gasteiger partial charge < -0.3 is 14.6 Å². The first-order valence-corrected chi connectivity index (χ1v) is 6.76. The van der Waals surface area contributed by atoms with Crippen LogP contribution in [0.15, 0.2) is 15.7 Å². The summed E-state index contributed by atoms with van der Waals surface area (Å²) in [6.45, 7) is 1.61. The topological polar surface area (TPSA) is 125 Å². The van der Waals surface area contributed by atoms with Crippen LogP contribution < -0.4 is 5.32 Å². The Morgan fingerprint density at radius 3 is 3.00 bits per heavy atom. The second-order valence-electron chi connectivity index (χ2n) is 3.85. The summed E-state index contributed by atoms with van der Waals surface area (Å²) in [7, 11) is 1.27. The van der Waals surface area contributed by atoms with Crippen molar-refractivity contribution < 1.29 is 18.8 Å². The highest BCUT2D eigenvalue weighted by atomic mass is 32.2.